The molecule has 0 aliphatic heterocycles. The van der Waals surface area contributed by atoms with Gasteiger partial charge >= 0.3 is 6.18 Å². The third-order valence-corrected chi connectivity index (χ3v) is 4.57. The van der Waals surface area contributed by atoms with E-state index in [-0.39, 0.29) is 16.9 Å². The molecule has 0 aliphatic carbocycles. The molecule has 2 aromatic carbocycles. The number of nitrogens with one attached hydrogen (secondary N) is 2. The predicted octanol–water partition coefficient (Wildman–Crippen LogP) is 2.65. The maximum Gasteiger partial charge on any atom is 0.418 e. The van der Waals surface area contributed by atoms with Crippen LogP contribution in [0.25, 0.3) is 5.69 Å². The first kappa shape index (κ1) is 24.0. The van der Waals surface area contributed by atoms with Gasteiger partial charge in [0.25, 0.3) is 17.5 Å². The Bertz CT molecular complexity index is 1270. The van der Waals surface area contributed by atoms with E-state index in [2.05, 4.69) is 5.10 Å². The summed E-state index contributed by atoms with van der Waals surface area (Å²) in [5.74, 6) is -2.79. The van der Waals surface area contributed by atoms with Gasteiger partial charge in [-0.05, 0) is 24.3 Å². The lowest BCUT2D eigenvalue weighted by Gasteiger charge is -2.13. The number of carbonyl (C=O) groups excluding carboxylic acids is 2. The van der Waals surface area contributed by atoms with E-state index in [1.54, 1.807) is 14.1 Å². The van der Waals surface area contributed by atoms with Crippen LogP contribution in [0.3, 0.4) is 0 Å². The van der Waals surface area contributed by atoms with Gasteiger partial charge < -0.3 is 10.0 Å². The number of nitro groups is 1. The van der Waals surface area contributed by atoms with Crippen LogP contribution in [-0.2, 0) is 6.18 Å². The first-order valence-corrected chi connectivity index (χ1v) is 9.42. The molecule has 3 N–H and O–H groups in total. The van der Waals surface area contributed by atoms with Crippen LogP contribution in [0.2, 0.25) is 0 Å². The maximum absolute atomic E-state index is 13.2. The molecule has 0 radical (unpaired) electrons. The van der Waals surface area contributed by atoms with E-state index in [1.165, 1.54) is 29.2 Å². The predicted molar refractivity (Wildman–Crippen MR) is 113 cm³/mol. The van der Waals surface area contributed by atoms with Crippen molar-refractivity contribution in [2.45, 2.75) is 6.18 Å². The Morgan fingerprint density at radius 1 is 1.12 bits per heavy atom. The van der Waals surface area contributed by atoms with E-state index in [1.807, 2.05) is 10.9 Å². The van der Waals surface area contributed by atoms with Gasteiger partial charge in [0.15, 0.2) is 11.4 Å². The Kier molecular flexibility index (Phi) is 6.42. The zero-order valence-electron chi connectivity index (χ0n) is 17.6. The molecule has 0 aliphatic rings. The van der Waals surface area contributed by atoms with Crippen molar-refractivity contribution in [2.24, 2.45) is 0 Å². The molecule has 0 saturated carbocycles. The van der Waals surface area contributed by atoms with E-state index in [9.17, 15) is 38.0 Å². The van der Waals surface area contributed by atoms with Gasteiger partial charge in [-0.1, -0.05) is 12.1 Å². The average Bonchev–Trinajstić information content (AvgIpc) is 3.17. The number of aromatic nitrogens is 2. The number of carbonyl (C=O) groups is 2. The highest BCUT2D eigenvalue weighted by Gasteiger charge is 2.34. The summed E-state index contributed by atoms with van der Waals surface area (Å²) in [6, 6.07) is 8.07. The molecule has 1 heterocycles. The highest BCUT2D eigenvalue weighted by atomic mass is 19.4. The maximum atomic E-state index is 13.2. The van der Waals surface area contributed by atoms with E-state index < -0.39 is 45.6 Å². The first-order valence-electron chi connectivity index (χ1n) is 9.42. The Morgan fingerprint density at radius 3 is 2.38 bits per heavy atom. The van der Waals surface area contributed by atoms with Crippen LogP contribution in [-0.4, -0.2) is 45.7 Å². The molecule has 2 amide bonds. The Balaban J connectivity index is 1.78. The topological polar surface area (TPSA) is 143 Å². The quantitative estimate of drug-likeness (QED) is 0.378. The zero-order chi connectivity index (χ0) is 25.2. The van der Waals surface area contributed by atoms with E-state index in [0.29, 0.717) is 4.68 Å². The summed E-state index contributed by atoms with van der Waals surface area (Å²) in [4.78, 5) is 36.8. The van der Waals surface area contributed by atoms with Gasteiger partial charge in [-0.25, -0.2) is 4.68 Å². The summed E-state index contributed by atoms with van der Waals surface area (Å²) >= 11 is 0. The number of para-hydroxylation sites is 1. The minimum absolute atomic E-state index is 0.147. The molecule has 14 heteroatoms. The SMILES string of the molecule is CN(C)c1ccc(C(=O)NNC(=O)c2nn(-c3ccccc3C(F)(F)F)cc2O)cc1[N+](=O)[O-]. The summed E-state index contributed by atoms with van der Waals surface area (Å²) in [5, 5.41) is 24.9. The lowest BCUT2D eigenvalue weighted by molar-refractivity contribution is -0.384. The number of amides is 2. The molecule has 0 fully saturated rings. The second-order valence-electron chi connectivity index (χ2n) is 7.09. The minimum Gasteiger partial charge on any atom is -0.504 e. The van der Waals surface area contributed by atoms with Crippen LogP contribution in [0.1, 0.15) is 26.4 Å². The second kappa shape index (κ2) is 9.09. The minimum atomic E-state index is -4.71. The number of halogens is 3. The Hall–Kier alpha value is -4.62. The monoisotopic (exact) mass is 478 g/mol. The van der Waals surface area contributed by atoms with Crippen molar-refractivity contribution in [3.8, 4) is 11.4 Å². The van der Waals surface area contributed by atoms with E-state index in [0.717, 1.165) is 24.4 Å². The summed E-state index contributed by atoms with van der Waals surface area (Å²) < 4.78 is 40.4. The highest BCUT2D eigenvalue weighted by molar-refractivity contribution is 6.00. The van der Waals surface area contributed by atoms with Crippen molar-refractivity contribution in [2.75, 3.05) is 19.0 Å². The van der Waals surface area contributed by atoms with Gasteiger partial charge in [0, 0.05) is 25.7 Å². The number of aromatic hydroxyl groups is 1. The van der Waals surface area contributed by atoms with Crippen LogP contribution < -0.4 is 15.8 Å². The van der Waals surface area contributed by atoms with Crippen LogP contribution in [0.5, 0.6) is 5.75 Å². The van der Waals surface area contributed by atoms with Gasteiger partial charge in [-0.15, -0.1) is 0 Å². The van der Waals surface area contributed by atoms with Gasteiger partial charge in [0.2, 0.25) is 0 Å². The molecular formula is C20H17F3N6O5. The van der Waals surface area contributed by atoms with Crippen molar-refractivity contribution >= 4 is 23.2 Å². The first-order chi connectivity index (χ1) is 15.9. The Morgan fingerprint density at radius 2 is 1.76 bits per heavy atom. The van der Waals surface area contributed by atoms with Gasteiger partial charge in [-0.3, -0.25) is 30.6 Å². The largest absolute Gasteiger partial charge is 0.504 e. The zero-order valence-corrected chi connectivity index (χ0v) is 17.6. The van der Waals surface area contributed by atoms with Crippen molar-refractivity contribution in [1.82, 2.24) is 20.6 Å². The Labute approximate surface area is 189 Å². The second-order valence-corrected chi connectivity index (χ2v) is 7.09. The molecular weight excluding hydrogens is 461 g/mol. The molecule has 0 bridgehead atoms. The molecule has 3 rings (SSSR count). The third-order valence-electron chi connectivity index (χ3n) is 4.57. The van der Waals surface area contributed by atoms with Crippen LogP contribution in [0.4, 0.5) is 24.5 Å². The molecule has 178 valence electrons. The van der Waals surface area contributed by atoms with E-state index in [4.69, 9.17) is 0 Å². The van der Waals surface area contributed by atoms with E-state index >= 15 is 0 Å². The number of nitro benzene ring substituents is 1. The number of hydrazine groups is 1. The standard InChI is InChI=1S/C20H17F3N6O5/c1-27(2)14-8-7-11(9-15(14)29(33)34)18(31)24-25-19(32)17-16(30)10-28(26-17)13-6-4-3-5-12(13)20(21,22)23/h3-10,30H,1-2H3,(H,24,31)(H,25,32). The van der Waals surface area contributed by atoms with Crippen molar-refractivity contribution < 1.29 is 32.8 Å². The summed E-state index contributed by atoms with van der Waals surface area (Å²) in [5.41, 5.74) is 1.59. The lowest BCUT2D eigenvalue weighted by Crippen LogP contribution is -2.41. The molecule has 1 aromatic heterocycles. The van der Waals surface area contributed by atoms with Crippen molar-refractivity contribution in [3.63, 3.8) is 0 Å². The molecule has 0 unspecified atom stereocenters. The van der Waals surface area contributed by atoms with Gasteiger partial charge in [0.1, 0.15) is 5.69 Å². The van der Waals surface area contributed by atoms with Crippen LogP contribution >= 0.6 is 0 Å². The fourth-order valence-corrected chi connectivity index (χ4v) is 3.00. The number of rotatable bonds is 5. The fraction of sp³-hybridized carbons (Fsp3) is 0.150. The molecule has 3 aromatic rings. The van der Waals surface area contributed by atoms with Gasteiger partial charge in [-0.2, -0.15) is 18.3 Å². The number of anilines is 1. The van der Waals surface area contributed by atoms with Gasteiger partial charge in [0.05, 0.1) is 22.4 Å². The highest BCUT2D eigenvalue weighted by Crippen LogP contribution is 2.34. The number of nitrogens with zero attached hydrogens (tertiary/aromatic N) is 4. The van der Waals surface area contributed by atoms with Crippen LogP contribution in [0.15, 0.2) is 48.7 Å². The number of benzene rings is 2. The molecule has 34 heavy (non-hydrogen) atoms. The van der Waals surface area contributed by atoms with Crippen molar-refractivity contribution in [1.29, 1.82) is 0 Å². The molecule has 11 nitrogen and oxygen atoms in total. The molecule has 0 spiro atoms. The summed E-state index contributed by atoms with van der Waals surface area (Å²) in [6.45, 7) is 0. The van der Waals surface area contributed by atoms with Crippen molar-refractivity contribution in [3.05, 3.63) is 75.6 Å². The number of hydrogen-bond acceptors (Lipinski definition) is 7. The normalized spacial score (nSPS) is 11.1. The molecule has 0 atom stereocenters. The number of alkyl halides is 3. The third kappa shape index (κ3) is 4.90. The smallest absolute Gasteiger partial charge is 0.418 e. The lowest BCUT2D eigenvalue weighted by atomic mass is 10.1. The fourth-order valence-electron chi connectivity index (χ4n) is 3.00. The summed E-state index contributed by atoms with van der Waals surface area (Å²) in [6.07, 6.45) is -3.90. The molecule has 0 saturated heterocycles. The number of hydrogen-bond donors (Lipinski definition) is 3. The average molecular weight is 478 g/mol. The summed E-state index contributed by atoms with van der Waals surface area (Å²) in [7, 11) is 3.17. The van der Waals surface area contributed by atoms with Crippen LogP contribution in [0, 0.1) is 10.1 Å².